The van der Waals surface area contributed by atoms with Gasteiger partial charge < -0.3 is 10.1 Å². The Kier molecular flexibility index (Phi) is 5.43. The van der Waals surface area contributed by atoms with Gasteiger partial charge in [0.1, 0.15) is 12.4 Å². The van der Waals surface area contributed by atoms with Gasteiger partial charge in [-0.1, -0.05) is 52.3 Å². The van der Waals surface area contributed by atoms with E-state index in [9.17, 15) is 0 Å². The molecule has 0 radical (unpaired) electrons. The smallest absolute Gasteiger partial charge is 0.124 e. The van der Waals surface area contributed by atoms with Gasteiger partial charge in [-0.2, -0.15) is 0 Å². The highest BCUT2D eigenvalue weighted by Gasteiger charge is 2.11. The molecule has 0 aliphatic rings. The summed E-state index contributed by atoms with van der Waals surface area (Å²) < 4.78 is 7.08. The molecule has 112 valence electrons. The number of benzene rings is 2. The van der Waals surface area contributed by atoms with Gasteiger partial charge in [-0.15, -0.1) is 0 Å². The highest BCUT2D eigenvalue weighted by atomic mass is 79.9. The molecule has 2 rings (SSSR count). The standard InChI is InChI=1S/C18H22BrNO/c1-18(2,3)20-12-14-8-5-7-11-17(14)21-13-15-9-4-6-10-16(15)19/h4-11,20H,12-13H2,1-3H3. The van der Waals surface area contributed by atoms with Crippen LogP contribution in [0, 0.1) is 0 Å². The maximum absolute atomic E-state index is 6.00. The van der Waals surface area contributed by atoms with Crippen LogP contribution in [0.5, 0.6) is 5.75 Å². The first kappa shape index (κ1) is 16.1. The van der Waals surface area contributed by atoms with Crippen LogP contribution in [0.25, 0.3) is 0 Å². The van der Waals surface area contributed by atoms with Crippen LogP contribution in [-0.4, -0.2) is 5.54 Å². The molecule has 0 fully saturated rings. The molecule has 0 saturated heterocycles. The van der Waals surface area contributed by atoms with Crippen LogP contribution in [0.1, 0.15) is 31.9 Å². The minimum atomic E-state index is 0.0928. The van der Waals surface area contributed by atoms with Crippen molar-refractivity contribution in [1.82, 2.24) is 5.32 Å². The zero-order chi connectivity index (χ0) is 15.3. The first-order valence-corrected chi connectivity index (χ1v) is 7.94. The van der Waals surface area contributed by atoms with Crippen molar-refractivity contribution in [3.05, 3.63) is 64.1 Å². The Morgan fingerprint density at radius 1 is 0.952 bits per heavy atom. The van der Waals surface area contributed by atoms with Gasteiger partial charge in [0.25, 0.3) is 0 Å². The number of halogens is 1. The van der Waals surface area contributed by atoms with Crippen LogP contribution < -0.4 is 10.1 Å². The average molecular weight is 348 g/mol. The molecule has 0 aliphatic heterocycles. The molecule has 0 spiro atoms. The minimum absolute atomic E-state index is 0.0928. The summed E-state index contributed by atoms with van der Waals surface area (Å²) >= 11 is 3.55. The number of hydrogen-bond donors (Lipinski definition) is 1. The van der Waals surface area contributed by atoms with E-state index in [0.29, 0.717) is 6.61 Å². The van der Waals surface area contributed by atoms with Gasteiger partial charge in [0.2, 0.25) is 0 Å². The van der Waals surface area contributed by atoms with Gasteiger partial charge in [-0.05, 0) is 32.9 Å². The topological polar surface area (TPSA) is 21.3 Å². The highest BCUT2D eigenvalue weighted by molar-refractivity contribution is 9.10. The summed E-state index contributed by atoms with van der Waals surface area (Å²) in [7, 11) is 0. The van der Waals surface area contributed by atoms with Crippen LogP contribution in [0.2, 0.25) is 0 Å². The largest absolute Gasteiger partial charge is 0.489 e. The van der Waals surface area contributed by atoms with Crippen LogP contribution in [0.4, 0.5) is 0 Å². The number of nitrogens with one attached hydrogen (secondary N) is 1. The molecule has 0 atom stereocenters. The van der Waals surface area contributed by atoms with Crippen LogP contribution in [0.15, 0.2) is 53.0 Å². The van der Waals surface area contributed by atoms with Crippen molar-refractivity contribution in [3.63, 3.8) is 0 Å². The molecule has 3 heteroatoms. The minimum Gasteiger partial charge on any atom is -0.489 e. The third kappa shape index (κ3) is 5.18. The van der Waals surface area contributed by atoms with Gasteiger partial charge in [0.15, 0.2) is 0 Å². The van der Waals surface area contributed by atoms with Crippen LogP contribution in [0.3, 0.4) is 0 Å². The Morgan fingerprint density at radius 2 is 1.57 bits per heavy atom. The molecule has 21 heavy (non-hydrogen) atoms. The average Bonchev–Trinajstić information content (AvgIpc) is 2.44. The van der Waals surface area contributed by atoms with Crippen molar-refractivity contribution < 1.29 is 4.74 Å². The van der Waals surface area contributed by atoms with Crippen molar-refractivity contribution in [2.75, 3.05) is 0 Å². The third-order valence-corrected chi connectivity index (χ3v) is 3.90. The molecule has 0 saturated carbocycles. The second kappa shape index (κ2) is 7.10. The van der Waals surface area contributed by atoms with Gasteiger partial charge in [-0.25, -0.2) is 0 Å². The van der Waals surface area contributed by atoms with E-state index in [4.69, 9.17) is 4.74 Å². The van der Waals surface area contributed by atoms with E-state index in [0.717, 1.165) is 22.3 Å². The predicted octanol–water partition coefficient (Wildman–Crippen LogP) is 4.92. The summed E-state index contributed by atoms with van der Waals surface area (Å²) in [5.74, 6) is 0.935. The van der Waals surface area contributed by atoms with E-state index in [1.54, 1.807) is 0 Å². The van der Waals surface area contributed by atoms with Crippen molar-refractivity contribution >= 4 is 15.9 Å². The fourth-order valence-corrected chi connectivity index (χ4v) is 2.32. The molecule has 0 bridgehead atoms. The van der Waals surface area contributed by atoms with Gasteiger partial charge in [-0.3, -0.25) is 0 Å². The molecule has 2 nitrogen and oxygen atoms in total. The molecular formula is C18H22BrNO. The monoisotopic (exact) mass is 347 g/mol. The van der Waals surface area contributed by atoms with E-state index < -0.39 is 0 Å². The molecule has 0 heterocycles. The maximum atomic E-state index is 6.00. The normalized spacial score (nSPS) is 11.4. The summed E-state index contributed by atoms with van der Waals surface area (Å²) in [6, 6.07) is 16.3. The van der Waals surface area contributed by atoms with Crippen molar-refractivity contribution in [3.8, 4) is 5.75 Å². The van der Waals surface area contributed by atoms with Crippen molar-refractivity contribution in [2.24, 2.45) is 0 Å². The Bertz CT molecular complexity index is 590. The second-order valence-electron chi connectivity index (χ2n) is 6.09. The quantitative estimate of drug-likeness (QED) is 0.828. The molecule has 2 aromatic rings. The Morgan fingerprint density at radius 3 is 2.24 bits per heavy atom. The van der Waals surface area contributed by atoms with E-state index in [1.165, 1.54) is 5.56 Å². The van der Waals surface area contributed by atoms with Crippen molar-refractivity contribution in [2.45, 2.75) is 39.5 Å². The van der Waals surface area contributed by atoms with Crippen molar-refractivity contribution in [1.29, 1.82) is 0 Å². The van der Waals surface area contributed by atoms with E-state index in [1.807, 2.05) is 36.4 Å². The maximum Gasteiger partial charge on any atom is 0.124 e. The van der Waals surface area contributed by atoms with Crippen LogP contribution in [-0.2, 0) is 13.2 Å². The SMILES string of the molecule is CC(C)(C)NCc1ccccc1OCc1ccccc1Br. The molecular weight excluding hydrogens is 326 g/mol. The van der Waals surface area contributed by atoms with Gasteiger partial charge >= 0.3 is 0 Å². The zero-order valence-corrected chi connectivity index (χ0v) is 14.4. The molecule has 0 amide bonds. The lowest BCUT2D eigenvalue weighted by Gasteiger charge is -2.21. The van der Waals surface area contributed by atoms with Crippen LogP contribution >= 0.6 is 15.9 Å². The highest BCUT2D eigenvalue weighted by Crippen LogP contribution is 2.22. The fourth-order valence-electron chi connectivity index (χ4n) is 1.92. The first-order valence-electron chi connectivity index (χ1n) is 7.15. The Balaban J connectivity index is 2.05. The Labute approximate surface area is 135 Å². The predicted molar refractivity (Wildman–Crippen MR) is 91.5 cm³/mol. The second-order valence-corrected chi connectivity index (χ2v) is 6.95. The lowest BCUT2D eigenvalue weighted by molar-refractivity contribution is 0.299. The van der Waals surface area contributed by atoms with E-state index >= 15 is 0 Å². The molecule has 2 aromatic carbocycles. The van der Waals surface area contributed by atoms with E-state index in [-0.39, 0.29) is 5.54 Å². The number of ether oxygens (including phenoxy) is 1. The number of para-hydroxylation sites is 1. The summed E-state index contributed by atoms with van der Waals surface area (Å²) in [5, 5.41) is 3.50. The summed E-state index contributed by atoms with van der Waals surface area (Å²) in [4.78, 5) is 0. The zero-order valence-electron chi connectivity index (χ0n) is 12.8. The molecule has 0 unspecified atom stereocenters. The lowest BCUT2D eigenvalue weighted by atomic mass is 10.1. The summed E-state index contributed by atoms with van der Waals surface area (Å²) in [6.07, 6.45) is 0. The van der Waals surface area contributed by atoms with Gasteiger partial charge in [0.05, 0.1) is 0 Å². The molecule has 1 N–H and O–H groups in total. The summed E-state index contributed by atoms with van der Waals surface area (Å²) in [5.41, 5.74) is 2.42. The van der Waals surface area contributed by atoms with E-state index in [2.05, 4.69) is 54.2 Å². The lowest BCUT2D eigenvalue weighted by Crippen LogP contribution is -2.35. The Hall–Kier alpha value is -1.32. The summed E-state index contributed by atoms with van der Waals surface area (Å²) in [6.45, 7) is 7.86. The van der Waals surface area contributed by atoms with Gasteiger partial charge in [0, 0.05) is 27.7 Å². The molecule has 0 aliphatic carbocycles. The number of hydrogen-bond acceptors (Lipinski definition) is 2. The third-order valence-electron chi connectivity index (χ3n) is 3.12. The fraction of sp³-hybridized carbons (Fsp3) is 0.333. The molecule has 0 aromatic heterocycles. The number of rotatable bonds is 5. The first-order chi connectivity index (χ1) is 9.96.